The molecule has 0 amide bonds. The van der Waals surface area contributed by atoms with Crippen molar-refractivity contribution < 1.29 is 15.3 Å². The van der Waals surface area contributed by atoms with Gasteiger partial charge in [0, 0.05) is 0 Å². The molecule has 0 unspecified atom stereocenters. The SMILES string of the molecule is CCCCCCCCc1ccccc1OCCO.O. The van der Waals surface area contributed by atoms with Crippen molar-refractivity contribution in [1.82, 2.24) is 0 Å². The Bertz CT molecular complexity index is 313. The highest BCUT2D eigenvalue weighted by atomic mass is 16.5. The molecular formula is C16H28O3. The molecule has 0 atom stereocenters. The molecule has 1 aromatic carbocycles. The fraction of sp³-hybridized carbons (Fsp3) is 0.625. The van der Waals surface area contributed by atoms with E-state index >= 15 is 0 Å². The summed E-state index contributed by atoms with van der Waals surface area (Å²) < 4.78 is 5.53. The van der Waals surface area contributed by atoms with Gasteiger partial charge in [-0.2, -0.15) is 0 Å². The molecule has 0 heterocycles. The van der Waals surface area contributed by atoms with Crippen LogP contribution in [0.25, 0.3) is 0 Å². The van der Waals surface area contributed by atoms with Crippen LogP contribution in [0.15, 0.2) is 24.3 Å². The summed E-state index contributed by atoms with van der Waals surface area (Å²) in [5, 5.41) is 8.79. The molecule has 0 saturated heterocycles. The van der Waals surface area contributed by atoms with Gasteiger partial charge in [0.25, 0.3) is 0 Å². The molecule has 3 nitrogen and oxygen atoms in total. The van der Waals surface area contributed by atoms with Gasteiger partial charge in [0.05, 0.1) is 6.61 Å². The highest BCUT2D eigenvalue weighted by Gasteiger charge is 2.02. The van der Waals surface area contributed by atoms with Crippen LogP contribution in [0.1, 0.15) is 51.0 Å². The molecule has 1 rings (SSSR count). The summed E-state index contributed by atoms with van der Waals surface area (Å²) in [5.41, 5.74) is 1.27. The summed E-state index contributed by atoms with van der Waals surface area (Å²) in [7, 11) is 0. The standard InChI is InChI=1S/C16H26O2.H2O/c1-2-3-4-5-6-7-10-15-11-8-9-12-16(15)18-14-13-17;/h8-9,11-12,17H,2-7,10,13-14H2,1H3;1H2. The molecule has 0 bridgehead atoms. The normalized spacial score (nSPS) is 10.0. The molecule has 0 aliphatic heterocycles. The average molecular weight is 268 g/mol. The summed E-state index contributed by atoms with van der Waals surface area (Å²) in [4.78, 5) is 0. The Labute approximate surface area is 116 Å². The highest BCUT2D eigenvalue weighted by molar-refractivity contribution is 5.33. The quantitative estimate of drug-likeness (QED) is 0.663. The number of aryl methyl sites for hydroxylation is 1. The topological polar surface area (TPSA) is 61.0 Å². The average Bonchev–Trinajstić information content (AvgIpc) is 2.41. The number of ether oxygens (including phenoxy) is 1. The van der Waals surface area contributed by atoms with E-state index in [-0.39, 0.29) is 12.1 Å². The van der Waals surface area contributed by atoms with E-state index in [1.165, 1.54) is 44.1 Å². The number of para-hydroxylation sites is 1. The fourth-order valence-corrected chi connectivity index (χ4v) is 2.10. The molecular weight excluding hydrogens is 240 g/mol. The second kappa shape index (κ2) is 12.0. The zero-order valence-electron chi connectivity index (χ0n) is 12.0. The minimum atomic E-state index is 0. The third-order valence-electron chi connectivity index (χ3n) is 3.12. The van der Waals surface area contributed by atoms with Crippen molar-refractivity contribution >= 4 is 0 Å². The van der Waals surface area contributed by atoms with Gasteiger partial charge in [0.2, 0.25) is 0 Å². The lowest BCUT2D eigenvalue weighted by Crippen LogP contribution is -2.03. The minimum absolute atomic E-state index is 0. The zero-order valence-corrected chi connectivity index (χ0v) is 12.0. The second-order valence-electron chi connectivity index (χ2n) is 4.70. The molecule has 0 aliphatic carbocycles. The monoisotopic (exact) mass is 268 g/mol. The molecule has 1 aromatic rings. The van der Waals surface area contributed by atoms with E-state index in [1.54, 1.807) is 0 Å². The van der Waals surface area contributed by atoms with E-state index < -0.39 is 0 Å². The number of benzene rings is 1. The van der Waals surface area contributed by atoms with Gasteiger partial charge >= 0.3 is 0 Å². The Morgan fingerprint density at radius 3 is 2.42 bits per heavy atom. The molecule has 0 aromatic heterocycles. The van der Waals surface area contributed by atoms with Crippen molar-refractivity contribution in [3.8, 4) is 5.75 Å². The van der Waals surface area contributed by atoms with Crippen LogP contribution in [0.5, 0.6) is 5.75 Å². The van der Waals surface area contributed by atoms with Crippen LogP contribution in [0.3, 0.4) is 0 Å². The third-order valence-corrected chi connectivity index (χ3v) is 3.12. The maximum Gasteiger partial charge on any atom is 0.122 e. The van der Waals surface area contributed by atoms with Crippen LogP contribution >= 0.6 is 0 Å². The van der Waals surface area contributed by atoms with E-state index in [4.69, 9.17) is 9.84 Å². The smallest absolute Gasteiger partial charge is 0.122 e. The van der Waals surface area contributed by atoms with Crippen LogP contribution in [0.4, 0.5) is 0 Å². The van der Waals surface area contributed by atoms with E-state index in [9.17, 15) is 0 Å². The van der Waals surface area contributed by atoms with Crippen LogP contribution < -0.4 is 4.74 Å². The van der Waals surface area contributed by atoms with Crippen molar-refractivity contribution in [3.63, 3.8) is 0 Å². The first-order valence-electron chi connectivity index (χ1n) is 7.20. The molecule has 0 radical (unpaired) electrons. The summed E-state index contributed by atoms with van der Waals surface area (Å²) in [6, 6.07) is 8.15. The van der Waals surface area contributed by atoms with Gasteiger partial charge in [-0.1, -0.05) is 57.2 Å². The van der Waals surface area contributed by atoms with E-state index in [0.717, 1.165) is 12.2 Å². The Balaban J connectivity index is 0.00000324. The maximum atomic E-state index is 8.79. The van der Waals surface area contributed by atoms with Crippen LogP contribution in [-0.2, 0) is 6.42 Å². The number of hydrogen-bond donors (Lipinski definition) is 1. The van der Waals surface area contributed by atoms with Crippen molar-refractivity contribution in [2.75, 3.05) is 13.2 Å². The van der Waals surface area contributed by atoms with Crippen LogP contribution in [-0.4, -0.2) is 23.8 Å². The number of unbranched alkanes of at least 4 members (excludes halogenated alkanes) is 5. The van der Waals surface area contributed by atoms with Crippen LogP contribution in [0, 0.1) is 0 Å². The van der Waals surface area contributed by atoms with Crippen molar-refractivity contribution in [2.24, 2.45) is 0 Å². The van der Waals surface area contributed by atoms with Gasteiger partial charge in [-0.3, -0.25) is 0 Å². The Morgan fingerprint density at radius 2 is 1.68 bits per heavy atom. The highest BCUT2D eigenvalue weighted by Crippen LogP contribution is 2.20. The Morgan fingerprint density at radius 1 is 1.00 bits per heavy atom. The molecule has 110 valence electrons. The molecule has 0 saturated carbocycles. The van der Waals surface area contributed by atoms with E-state index in [2.05, 4.69) is 19.1 Å². The van der Waals surface area contributed by atoms with Crippen molar-refractivity contribution in [3.05, 3.63) is 29.8 Å². The van der Waals surface area contributed by atoms with Crippen molar-refractivity contribution in [2.45, 2.75) is 51.9 Å². The lowest BCUT2D eigenvalue weighted by molar-refractivity contribution is 0.200. The summed E-state index contributed by atoms with van der Waals surface area (Å²) in [5.74, 6) is 0.931. The second-order valence-corrected chi connectivity index (χ2v) is 4.70. The fourth-order valence-electron chi connectivity index (χ4n) is 2.10. The van der Waals surface area contributed by atoms with Gasteiger partial charge in [-0.05, 0) is 24.5 Å². The van der Waals surface area contributed by atoms with Gasteiger partial charge in [0.15, 0.2) is 0 Å². The predicted molar refractivity (Wildman–Crippen MR) is 79.7 cm³/mol. The van der Waals surface area contributed by atoms with Crippen LogP contribution in [0.2, 0.25) is 0 Å². The van der Waals surface area contributed by atoms with Gasteiger partial charge < -0.3 is 15.3 Å². The minimum Gasteiger partial charge on any atom is -0.491 e. The number of rotatable bonds is 10. The lowest BCUT2D eigenvalue weighted by atomic mass is 10.0. The lowest BCUT2D eigenvalue weighted by Gasteiger charge is -2.10. The Kier molecular flexibility index (Phi) is 11.3. The first-order valence-corrected chi connectivity index (χ1v) is 7.20. The molecule has 3 N–H and O–H groups in total. The molecule has 0 aliphatic rings. The maximum absolute atomic E-state index is 8.79. The largest absolute Gasteiger partial charge is 0.491 e. The number of hydrogen-bond acceptors (Lipinski definition) is 2. The van der Waals surface area contributed by atoms with Gasteiger partial charge in [-0.25, -0.2) is 0 Å². The van der Waals surface area contributed by atoms with Crippen molar-refractivity contribution in [1.29, 1.82) is 0 Å². The molecule has 0 fully saturated rings. The van der Waals surface area contributed by atoms with E-state index in [0.29, 0.717) is 6.61 Å². The summed E-state index contributed by atoms with van der Waals surface area (Å²) in [6.07, 6.45) is 8.96. The summed E-state index contributed by atoms with van der Waals surface area (Å²) >= 11 is 0. The molecule has 0 spiro atoms. The molecule has 19 heavy (non-hydrogen) atoms. The van der Waals surface area contributed by atoms with E-state index in [1.807, 2.05) is 12.1 Å². The summed E-state index contributed by atoms with van der Waals surface area (Å²) in [6.45, 7) is 2.70. The zero-order chi connectivity index (χ0) is 13.1. The van der Waals surface area contributed by atoms with Gasteiger partial charge in [-0.15, -0.1) is 0 Å². The first-order chi connectivity index (χ1) is 8.88. The third kappa shape index (κ3) is 7.85. The number of aliphatic hydroxyl groups is 1. The Hall–Kier alpha value is -1.06. The number of aliphatic hydroxyl groups excluding tert-OH is 1. The first kappa shape index (κ1) is 17.9. The predicted octanol–water partition coefficient (Wildman–Crippen LogP) is 3.14. The molecule has 3 heteroatoms. The van der Waals surface area contributed by atoms with Gasteiger partial charge in [0.1, 0.15) is 12.4 Å².